The smallest absolute Gasteiger partial charge is 0.225 e. The molecule has 248 valence electrons. The highest BCUT2D eigenvalue weighted by atomic mass is 35.5. The molecule has 4 aromatic rings. The lowest BCUT2D eigenvalue weighted by molar-refractivity contribution is -0.127. The van der Waals surface area contributed by atoms with Crippen LogP contribution in [0.25, 0.3) is 10.9 Å². The maximum Gasteiger partial charge on any atom is 0.225 e. The molecule has 1 atom stereocenters. The molecule has 0 bridgehead atoms. The predicted molar refractivity (Wildman–Crippen MR) is 191 cm³/mol. The summed E-state index contributed by atoms with van der Waals surface area (Å²) in [4.78, 5) is 32.0. The molecule has 5 rings (SSSR count). The molecular weight excluding hydrogens is 608 g/mol. The minimum Gasteiger partial charge on any atom is -0.508 e. The largest absolute Gasteiger partial charge is 0.508 e. The van der Waals surface area contributed by atoms with Crippen molar-refractivity contribution in [2.24, 2.45) is 0 Å². The number of benzene rings is 3. The Morgan fingerprint density at radius 2 is 1.53 bits per heavy atom. The van der Waals surface area contributed by atoms with Gasteiger partial charge in [0, 0.05) is 55.8 Å². The van der Waals surface area contributed by atoms with Crippen molar-refractivity contribution in [3.63, 3.8) is 0 Å². The number of carbonyl (C=O) groups excluding carboxylic acids is 1. The summed E-state index contributed by atoms with van der Waals surface area (Å²) in [7, 11) is 0. The molecule has 1 saturated heterocycles. The zero-order valence-corrected chi connectivity index (χ0v) is 29.0. The summed E-state index contributed by atoms with van der Waals surface area (Å²) in [5.41, 5.74) is 5.31. The fourth-order valence-electron chi connectivity index (χ4n) is 6.19. The molecule has 1 fully saturated rings. The third-order valence-electron chi connectivity index (χ3n) is 9.06. The van der Waals surface area contributed by atoms with E-state index >= 15 is 0 Å². The first kappa shape index (κ1) is 34.4. The van der Waals surface area contributed by atoms with Gasteiger partial charge in [0.1, 0.15) is 17.4 Å². The van der Waals surface area contributed by atoms with Crippen molar-refractivity contribution in [2.45, 2.75) is 60.0 Å². The molecule has 0 aliphatic carbocycles. The van der Waals surface area contributed by atoms with Crippen LogP contribution < -0.4 is 4.90 Å². The van der Waals surface area contributed by atoms with E-state index in [4.69, 9.17) is 21.6 Å². The van der Waals surface area contributed by atoms with Gasteiger partial charge in [0.2, 0.25) is 5.91 Å². The topological polar surface area (TPSA) is 76.0 Å². The van der Waals surface area contributed by atoms with Gasteiger partial charge in [0.15, 0.2) is 0 Å². The van der Waals surface area contributed by atoms with Crippen LogP contribution in [0.3, 0.4) is 0 Å². The van der Waals surface area contributed by atoms with Crippen LogP contribution in [0.15, 0.2) is 84.1 Å². The first-order valence-corrected chi connectivity index (χ1v) is 17.0. The van der Waals surface area contributed by atoms with E-state index in [1.807, 2.05) is 62.1 Å². The van der Waals surface area contributed by atoms with Crippen molar-refractivity contribution in [3.05, 3.63) is 106 Å². The van der Waals surface area contributed by atoms with E-state index < -0.39 is 0 Å². The van der Waals surface area contributed by atoms with E-state index in [1.54, 1.807) is 19.1 Å². The zero-order chi connectivity index (χ0) is 33.5. The van der Waals surface area contributed by atoms with E-state index in [2.05, 4.69) is 45.9 Å². The van der Waals surface area contributed by atoms with Crippen molar-refractivity contribution < 1.29 is 9.90 Å². The zero-order valence-electron chi connectivity index (χ0n) is 28.3. The Morgan fingerprint density at radius 1 is 0.894 bits per heavy atom. The lowest BCUT2D eigenvalue weighted by Crippen LogP contribution is -2.47. The number of phenols is 1. The number of aromatic hydroxyl groups is 1. The van der Waals surface area contributed by atoms with Crippen molar-refractivity contribution in [1.29, 1.82) is 0 Å². The molecule has 1 unspecified atom stereocenters. The summed E-state index contributed by atoms with van der Waals surface area (Å²) in [5, 5.41) is 11.6. The van der Waals surface area contributed by atoms with Crippen LogP contribution in [-0.4, -0.2) is 75.1 Å². The number of para-hydroxylation sites is 1. The number of piperazine rings is 1. The second-order valence-electron chi connectivity index (χ2n) is 12.6. The quantitative estimate of drug-likeness (QED) is 0.158. The van der Waals surface area contributed by atoms with E-state index in [9.17, 15) is 9.90 Å². The number of aromatic nitrogens is 2. The average Bonchev–Trinajstić information content (AvgIpc) is 3.06. The van der Waals surface area contributed by atoms with E-state index in [-0.39, 0.29) is 17.7 Å². The summed E-state index contributed by atoms with van der Waals surface area (Å²) < 4.78 is 0. The lowest BCUT2D eigenvalue weighted by Gasteiger charge is -2.39. The van der Waals surface area contributed by atoms with Gasteiger partial charge in [-0.25, -0.2) is 9.97 Å². The number of hydrogen-bond donors (Lipinski definition) is 1. The van der Waals surface area contributed by atoms with Crippen LogP contribution in [0, 0.1) is 0 Å². The molecule has 1 amide bonds. The number of unbranched alkanes of at least 4 members (excludes halogenated alkanes) is 1. The molecule has 1 aromatic heterocycles. The number of anilines is 1. The summed E-state index contributed by atoms with van der Waals surface area (Å²) in [5.74, 6) is 1.94. The van der Waals surface area contributed by atoms with Crippen LogP contribution in [0.4, 0.5) is 5.82 Å². The first-order chi connectivity index (χ1) is 22.6. The number of allylic oxidation sites excluding steroid dienone is 2. The Balaban J connectivity index is 1.39. The van der Waals surface area contributed by atoms with Crippen molar-refractivity contribution in [3.8, 4) is 5.75 Å². The number of halogens is 1. The van der Waals surface area contributed by atoms with E-state index in [1.165, 1.54) is 5.56 Å². The molecule has 1 aliphatic heterocycles. The highest BCUT2D eigenvalue weighted by Crippen LogP contribution is 2.32. The number of carbonyl (C=O) groups is 1. The predicted octanol–water partition coefficient (Wildman–Crippen LogP) is 7.62. The maximum absolute atomic E-state index is 12.8. The third-order valence-corrected chi connectivity index (χ3v) is 9.31. The molecule has 0 saturated carbocycles. The fraction of sp³-hybridized carbons (Fsp3) is 0.395. The third kappa shape index (κ3) is 8.49. The van der Waals surface area contributed by atoms with Crippen molar-refractivity contribution >= 4 is 34.2 Å². The van der Waals surface area contributed by atoms with Crippen molar-refractivity contribution in [1.82, 2.24) is 24.7 Å². The molecule has 0 radical (unpaired) electrons. The van der Waals surface area contributed by atoms with Gasteiger partial charge in [0.05, 0.1) is 24.8 Å². The second-order valence-corrected chi connectivity index (χ2v) is 13.1. The van der Waals surface area contributed by atoms with Crippen LogP contribution in [0.2, 0.25) is 5.02 Å². The van der Waals surface area contributed by atoms with Gasteiger partial charge in [-0.2, -0.15) is 0 Å². The van der Waals surface area contributed by atoms with Gasteiger partial charge >= 0.3 is 0 Å². The summed E-state index contributed by atoms with van der Waals surface area (Å²) in [6.45, 7) is 15.3. The molecule has 3 aromatic carbocycles. The van der Waals surface area contributed by atoms with Crippen LogP contribution >= 0.6 is 11.6 Å². The number of nitrogens with zero attached hydrogens (tertiary/aromatic N) is 6. The van der Waals surface area contributed by atoms with E-state index in [0.29, 0.717) is 18.2 Å². The average molecular weight is 655 g/mol. The summed E-state index contributed by atoms with van der Waals surface area (Å²) >= 11 is 6.23. The SMILES string of the molecule is CCCCN(CN(C(C)=O)C(C)=C(C)C)c1nc(CN2CCN(C(c3ccc(O)cc3)c3ccc(Cl)cc3)CC2)nc2ccccc12. The molecule has 8 nitrogen and oxygen atoms in total. The van der Waals surface area contributed by atoms with Gasteiger partial charge in [-0.15, -0.1) is 0 Å². The van der Waals surface area contributed by atoms with E-state index in [0.717, 1.165) is 84.9 Å². The Hall–Kier alpha value is -3.98. The molecular formula is C38H47ClN6O2. The standard InChI is InChI=1S/C38H47ClN6O2/c1-6-7-20-44(26-45(29(5)46)28(4)27(2)3)38-34-10-8-9-11-35(34)40-36(41-38)25-42-21-23-43(24-22-42)37(30-12-16-32(39)17-13-30)31-14-18-33(47)19-15-31/h8-19,37,47H,6-7,20-26H2,1-5H3. The van der Waals surface area contributed by atoms with Crippen LogP contribution in [0.5, 0.6) is 5.75 Å². The van der Waals surface area contributed by atoms with Crippen LogP contribution in [-0.2, 0) is 11.3 Å². The number of fused-ring (bicyclic) bond motifs is 1. The number of hydrogen-bond acceptors (Lipinski definition) is 7. The Kier molecular flexibility index (Phi) is 11.5. The molecule has 2 heterocycles. The molecule has 9 heteroatoms. The highest BCUT2D eigenvalue weighted by Gasteiger charge is 2.28. The number of amides is 1. The highest BCUT2D eigenvalue weighted by molar-refractivity contribution is 6.30. The Morgan fingerprint density at radius 3 is 2.15 bits per heavy atom. The van der Waals surface area contributed by atoms with Gasteiger partial charge < -0.3 is 10.0 Å². The molecule has 1 N–H and O–H groups in total. The lowest BCUT2D eigenvalue weighted by atomic mass is 9.96. The summed E-state index contributed by atoms with van der Waals surface area (Å²) in [6, 6.07) is 23.8. The Labute approximate surface area is 284 Å². The Bertz CT molecular complexity index is 1630. The molecule has 47 heavy (non-hydrogen) atoms. The monoisotopic (exact) mass is 654 g/mol. The van der Waals surface area contributed by atoms with Gasteiger partial charge in [0.25, 0.3) is 0 Å². The van der Waals surface area contributed by atoms with Crippen LogP contribution in [0.1, 0.15) is 70.5 Å². The normalized spacial score (nSPS) is 14.6. The van der Waals surface area contributed by atoms with Gasteiger partial charge in [-0.05, 0) is 74.7 Å². The fourth-order valence-corrected chi connectivity index (χ4v) is 6.31. The molecule has 0 spiro atoms. The van der Waals surface area contributed by atoms with Crippen molar-refractivity contribution in [2.75, 3.05) is 44.3 Å². The number of phenolic OH excluding ortho intramolecular Hbond substituents is 1. The minimum atomic E-state index is 0.0193. The summed E-state index contributed by atoms with van der Waals surface area (Å²) in [6.07, 6.45) is 2.03. The van der Waals surface area contributed by atoms with Gasteiger partial charge in [-0.1, -0.05) is 66.9 Å². The van der Waals surface area contributed by atoms with Gasteiger partial charge in [-0.3, -0.25) is 19.5 Å². The number of rotatable bonds is 12. The second kappa shape index (κ2) is 15.7. The minimum absolute atomic E-state index is 0.0193. The maximum atomic E-state index is 12.8. The molecule has 1 aliphatic rings. The first-order valence-electron chi connectivity index (χ1n) is 16.6.